The van der Waals surface area contributed by atoms with Gasteiger partial charge < -0.3 is 15.1 Å². The molecule has 2 aromatic carbocycles. The molecule has 0 radical (unpaired) electrons. The van der Waals surface area contributed by atoms with Crippen LogP contribution in [0.1, 0.15) is 38.5 Å². The van der Waals surface area contributed by atoms with Crippen molar-refractivity contribution in [3.8, 4) is 0 Å². The first-order chi connectivity index (χ1) is 16.7. The second-order valence-electron chi connectivity index (χ2n) is 9.34. The second kappa shape index (κ2) is 11.8. The van der Waals surface area contributed by atoms with Gasteiger partial charge in [0.25, 0.3) is 0 Å². The van der Waals surface area contributed by atoms with Crippen molar-refractivity contribution in [2.45, 2.75) is 55.0 Å². The Morgan fingerprint density at radius 1 is 1.00 bits per heavy atom. The standard InChI is InChI=1S/C26H31ClF3N3OS/c27-20-4-8-23(9-5-20)32-16-13-19(14-17-32)3-12-25(34)33-15-1-2-22(18-33)31-21-6-10-24(11-7-21)35-26(28,29)30/h4-11,19,22,31H,1-3,12-18H2/t22-/m0/s1. The molecule has 0 saturated carbocycles. The van der Waals surface area contributed by atoms with E-state index in [0.717, 1.165) is 62.4 Å². The molecule has 1 atom stereocenters. The van der Waals surface area contributed by atoms with Crippen molar-refractivity contribution >= 4 is 40.6 Å². The third-order valence-corrected chi connectivity index (χ3v) is 7.80. The molecule has 4 nitrogen and oxygen atoms in total. The molecule has 190 valence electrons. The number of carbonyl (C=O) groups excluding carboxylic acids is 1. The fraction of sp³-hybridized carbons (Fsp3) is 0.500. The number of carbonyl (C=O) groups is 1. The smallest absolute Gasteiger partial charge is 0.381 e. The summed E-state index contributed by atoms with van der Waals surface area (Å²) in [6, 6.07) is 14.4. The molecule has 2 aromatic rings. The summed E-state index contributed by atoms with van der Waals surface area (Å²) in [5.74, 6) is 0.767. The van der Waals surface area contributed by atoms with Crippen LogP contribution in [-0.2, 0) is 4.79 Å². The lowest BCUT2D eigenvalue weighted by atomic mass is 9.91. The lowest BCUT2D eigenvalue weighted by Gasteiger charge is -2.35. The monoisotopic (exact) mass is 525 g/mol. The minimum absolute atomic E-state index is 0.108. The first-order valence-electron chi connectivity index (χ1n) is 12.2. The molecule has 1 amide bonds. The molecule has 9 heteroatoms. The summed E-state index contributed by atoms with van der Waals surface area (Å²) >= 11 is 5.88. The predicted molar refractivity (Wildman–Crippen MR) is 137 cm³/mol. The number of nitrogens with zero attached hydrogens (tertiary/aromatic N) is 2. The summed E-state index contributed by atoms with van der Waals surface area (Å²) < 4.78 is 37.6. The van der Waals surface area contributed by atoms with Gasteiger partial charge in [0.2, 0.25) is 5.91 Å². The minimum Gasteiger partial charge on any atom is -0.381 e. The zero-order valence-corrected chi connectivity index (χ0v) is 21.1. The van der Waals surface area contributed by atoms with Crippen LogP contribution in [0, 0.1) is 5.92 Å². The normalized spacial score (nSPS) is 19.6. The van der Waals surface area contributed by atoms with E-state index in [4.69, 9.17) is 11.6 Å². The van der Waals surface area contributed by atoms with E-state index in [-0.39, 0.29) is 28.6 Å². The van der Waals surface area contributed by atoms with Crippen LogP contribution < -0.4 is 10.2 Å². The average molecular weight is 526 g/mol. The number of amides is 1. The maximum absolute atomic E-state index is 12.9. The van der Waals surface area contributed by atoms with E-state index < -0.39 is 5.51 Å². The van der Waals surface area contributed by atoms with Crippen molar-refractivity contribution in [1.29, 1.82) is 0 Å². The van der Waals surface area contributed by atoms with Gasteiger partial charge in [-0.05, 0) is 98.3 Å². The van der Waals surface area contributed by atoms with Crippen LogP contribution in [-0.4, -0.2) is 48.5 Å². The Bertz CT molecular complexity index is 963. The maximum atomic E-state index is 12.9. The van der Waals surface area contributed by atoms with Crippen LogP contribution in [0.4, 0.5) is 24.5 Å². The molecule has 0 spiro atoms. The number of benzene rings is 2. The summed E-state index contributed by atoms with van der Waals surface area (Å²) in [4.78, 5) is 17.4. The summed E-state index contributed by atoms with van der Waals surface area (Å²) in [6.45, 7) is 3.40. The topological polar surface area (TPSA) is 35.6 Å². The molecule has 2 heterocycles. The first kappa shape index (κ1) is 26.0. The second-order valence-corrected chi connectivity index (χ2v) is 10.9. The number of halogens is 4. The Kier molecular flexibility index (Phi) is 8.76. The number of alkyl halides is 3. The largest absolute Gasteiger partial charge is 0.446 e. The van der Waals surface area contributed by atoms with Gasteiger partial charge in [0.1, 0.15) is 0 Å². The molecule has 2 fully saturated rings. The molecule has 0 unspecified atom stereocenters. The Balaban J connectivity index is 1.19. The van der Waals surface area contributed by atoms with E-state index in [1.165, 1.54) is 17.8 Å². The van der Waals surface area contributed by atoms with Gasteiger partial charge in [-0.15, -0.1) is 0 Å². The van der Waals surface area contributed by atoms with Crippen molar-refractivity contribution in [3.63, 3.8) is 0 Å². The van der Waals surface area contributed by atoms with Gasteiger partial charge in [-0.25, -0.2) is 0 Å². The predicted octanol–water partition coefficient (Wildman–Crippen LogP) is 7.05. The minimum atomic E-state index is -4.28. The highest BCUT2D eigenvalue weighted by atomic mass is 35.5. The zero-order chi connectivity index (χ0) is 24.8. The zero-order valence-electron chi connectivity index (χ0n) is 19.6. The molecule has 0 bridgehead atoms. The van der Waals surface area contributed by atoms with Crippen LogP contribution in [0.2, 0.25) is 5.02 Å². The Morgan fingerprint density at radius 2 is 1.69 bits per heavy atom. The Hall–Kier alpha value is -2.06. The fourth-order valence-electron chi connectivity index (χ4n) is 4.93. The van der Waals surface area contributed by atoms with Crippen molar-refractivity contribution < 1.29 is 18.0 Å². The van der Waals surface area contributed by atoms with Crippen molar-refractivity contribution in [2.24, 2.45) is 5.92 Å². The molecule has 0 aromatic heterocycles. The summed E-state index contributed by atoms with van der Waals surface area (Å²) in [6.07, 6.45) is 5.52. The van der Waals surface area contributed by atoms with Crippen LogP contribution >= 0.6 is 23.4 Å². The van der Waals surface area contributed by atoms with E-state index in [9.17, 15) is 18.0 Å². The van der Waals surface area contributed by atoms with E-state index >= 15 is 0 Å². The van der Waals surface area contributed by atoms with Gasteiger partial charge in [0.15, 0.2) is 0 Å². The lowest BCUT2D eigenvalue weighted by molar-refractivity contribution is -0.132. The number of nitrogens with one attached hydrogen (secondary N) is 1. The van der Waals surface area contributed by atoms with Gasteiger partial charge in [-0.2, -0.15) is 13.2 Å². The van der Waals surface area contributed by atoms with E-state index in [0.29, 0.717) is 18.9 Å². The maximum Gasteiger partial charge on any atom is 0.446 e. The van der Waals surface area contributed by atoms with Crippen LogP contribution in [0.25, 0.3) is 0 Å². The molecular weight excluding hydrogens is 495 g/mol. The molecule has 4 rings (SSSR count). The van der Waals surface area contributed by atoms with E-state index in [1.54, 1.807) is 12.1 Å². The summed E-state index contributed by atoms with van der Waals surface area (Å²) in [5.41, 5.74) is -2.31. The van der Waals surface area contributed by atoms with Gasteiger partial charge in [0.05, 0.1) is 0 Å². The van der Waals surface area contributed by atoms with Crippen LogP contribution in [0.3, 0.4) is 0 Å². The number of piperidine rings is 2. The average Bonchev–Trinajstić information content (AvgIpc) is 2.84. The third kappa shape index (κ3) is 7.97. The van der Waals surface area contributed by atoms with Crippen molar-refractivity contribution in [2.75, 3.05) is 36.4 Å². The number of hydrogen-bond donors (Lipinski definition) is 1. The quantitative estimate of drug-likeness (QED) is 0.393. The number of rotatable bonds is 7. The SMILES string of the molecule is O=C(CCC1CCN(c2ccc(Cl)cc2)CC1)N1CCC[C@H](Nc2ccc(SC(F)(F)F)cc2)C1. The highest BCUT2D eigenvalue weighted by Gasteiger charge is 2.29. The number of thioether (sulfide) groups is 1. The lowest BCUT2D eigenvalue weighted by Crippen LogP contribution is -2.45. The van der Waals surface area contributed by atoms with Crippen molar-refractivity contribution in [1.82, 2.24) is 4.90 Å². The van der Waals surface area contributed by atoms with Crippen LogP contribution in [0.15, 0.2) is 53.4 Å². The van der Waals surface area contributed by atoms with E-state index in [1.807, 2.05) is 17.0 Å². The highest BCUT2D eigenvalue weighted by molar-refractivity contribution is 8.00. The number of anilines is 2. The molecule has 35 heavy (non-hydrogen) atoms. The van der Waals surface area contributed by atoms with Gasteiger partial charge in [-0.1, -0.05) is 11.6 Å². The molecule has 2 aliphatic rings. The third-order valence-electron chi connectivity index (χ3n) is 6.81. The highest BCUT2D eigenvalue weighted by Crippen LogP contribution is 2.37. The molecule has 0 aliphatic carbocycles. The van der Waals surface area contributed by atoms with Gasteiger partial charge in [0, 0.05) is 59.9 Å². The van der Waals surface area contributed by atoms with Gasteiger partial charge in [-0.3, -0.25) is 4.79 Å². The van der Waals surface area contributed by atoms with Crippen molar-refractivity contribution in [3.05, 3.63) is 53.6 Å². The fourth-order valence-corrected chi connectivity index (χ4v) is 5.59. The number of likely N-dealkylation sites (tertiary alicyclic amines) is 1. The summed E-state index contributed by atoms with van der Waals surface area (Å²) in [5, 5.41) is 4.13. The molecule has 2 aliphatic heterocycles. The molecule has 1 N–H and O–H groups in total. The number of hydrogen-bond acceptors (Lipinski definition) is 4. The van der Waals surface area contributed by atoms with E-state index in [2.05, 4.69) is 22.3 Å². The van der Waals surface area contributed by atoms with Crippen LogP contribution in [0.5, 0.6) is 0 Å². The molecular formula is C26H31ClF3N3OS. The first-order valence-corrected chi connectivity index (χ1v) is 13.4. The molecule has 2 saturated heterocycles. The Labute approximate surface area is 214 Å². The van der Waals surface area contributed by atoms with Gasteiger partial charge >= 0.3 is 5.51 Å². The Morgan fingerprint density at radius 3 is 2.34 bits per heavy atom. The summed E-state index contributed by atoms with van der Waals surface area (Å²) in [7, 11) is 0.